The minimum Gasteiger partial charge on any atom is -0.340 e. The number of rotatable bonds is 5. The van der Waals surface area contributed by atoms with Crippen LogP contribution >= 0.6 is 0 Å². The van der Waals surface area contributed by atoms with Crippen molar-refractivity contribution >= 4 is 5.91 Å². The van der Waals surface area contributed by atoms with E-state index in [0.717, 1.165) is 38.2 Å². The van der Waals surface area contributed by atoms with Gasteiger partial charge in [-0.3, -0.25) is 4.79 Å². The first-order valence-corrected chi connectivity index (χ1v) is 8.07. The average Bonchev–Trinajstić information content (AvgIpc) is 3.05. The van der Waals surface area contributed by atoms with Gasteiger partial charge < -0.3 is 14.3 Å². The van der Waals surface area contributed by atoms with E-state index in [1.165, 1.54) is 0 Å². The first kappa shape index (κ1) is 15.7. The molecule has 1 saturated heterocycles. The Hall–Kier alpha value is -2.21. The van der Waals surface area contributed by atoms with Gasteiger partial charge in [0.25, 0.3) is 0 Å². The van der Waals surface area contributed by atoms with E-state index in [9.17, 15) is 4.79 Å². The molecule has 0 radical (unpaired) electrons. The van der Waals surface area contributed by atoms with Gasteiger partial charge in [-0.15, -0.1) is 0 Å². The number of carbonyl (C=O) groups is 1. The summed E-state index contributed by atoms with van der Waals surface area (Å²) in [6.07, 6.45) is 1.91. The molecule has 122 valence electrons. The van der Waals surface area contributed by atoms with Crippen LogP contribution in [-0.2, 0) is 11.2 Å². The van der Waals surface area contributed by atoms with Crippen molar-refractivity contribution in [1.29, 1.82) is 0 Å². The van der Waals surface area contributed by atoms with Crippen molar-refractivity contribution in [1.82, 2.24) is 19.9 Å². The van der Waals surface area contributed by atoms with Gasteiger partial charge >= 0.3 is 0 Å². The summed E-state index contributed by atoms with van der Waals surface area (Å²) in [4.78, 5) is 20.7. The van der Waals surface area contributed by atoms with Gasteiger partial charge in [0.15, 0.2) is 0 Å². The maximum absolute atomic E-state index is 12.2. The second-order valence-electron chi connectivity index (χ2n) is 5.92. The van der Waals surface area contributed by atoms with Crippen molar-refractivity contribution in [3.05, 3.63) is 36.2 Å². The van der Waals surface area contributed by atoms with Crippen LogP contribution in [0, 0.1) is 0 Å². The Morgan fingerprint density at radius 2 is 1.91 bits per heavy atom. The van der Waals surface area contributed by atoms with Crippen molar-refractivity contribution in [2.45, 2.75) is 19.3 Å². The highest BCUT2D eigenvalue weighted by Crippen LogP contribution is 2.16. The Labute approximate surface area is 136 Å². The zero-order chi connectivity index (χ0) is 16.1. The topological polar surface area (TPSA) is 62.5 Å². The first-order chi connectivity index (χ1) is 11.2. The number of nitrogens with zero attached hydrogens (tertiary/aromatic N) is 4. The van der Waals surface area contributed by atoms with Gasteiger partial charge in [-0.1, -0.05) is 35.5 Å². The SMILES string of the molecule is CN1CCN(C(=O)CCCc2nc(-c3ccccc3)no2)CC1. The normalized spacial score (nSPS) is 15.8. The average molecular weight is 314 g/mol. The second-order valence-corrected chi connectivity index (χ2v) is 5.92. The largest absolute Gasteiger partial charge is 0.340 e. The van der Waals surface area contributed by atoms with Crippen LogP contribution in [-0.4, -0.2) is 59.1 Å². The molecule has 23 heavy (non-hydrogen) atoms. The fourth-order valence-electron chi connectivity index (χ4n) is 2.67. The lowest BCUT2D eigenvalue weighted by molar-refractivity contribution is -0.132. The highest BCUT2D eigenvalue weighted by molar-refractivity contribution is 5.76. The molecule has 6 heteroatoms. The lowest BCUT2D eigenvalue weighted by atomic mass is 10.2. The molecule has 6 nitrogen and oxygen atoms in total. The molecule has 0 aliphatic carbocycles. The van der Waals surface area contributed by atoms with Crippen LogP contribution in [0.4, 0.5) is 0 Å². The van der Waals surface area contributed by atoms with Gasteiger partial charge in [-0.25, -0.2) is 0 Å². The summed E-state index contributed by atoms with van der Waals surface area (Å²) < 4.78 is 5.27. The summed E-state index contributed by atoms with van der Waals surface area (Å²) in [5.74, 6) is 1.42. The summed E-state index contributed by atoms with van der Waals surface area (Å²) in [5.41, 5.74) is 0.941. The highest BCUT2D eigenvalue weighted by atomic mass is 16.5. The smallest absolute Gasteiger partial charge is 0.226 e. The molecule has 0 spiro atoms. The van der Waals surface area contributed by atoms with Gasteiger partial charge in [-0.05, 0) is 13.5 Å². The predicted octanol–water partition coefficient (Wildman–Crippen LogP) is 1.83. The van der Waals surface area contributed by atoms with Crippen LogP contribution < -0.4 is 0 Å². The number of aryl methyl sites for hydroxylation is 1. The molecular formula is C17H22N4O2. The summed E-state index contributed by atoms with van der Waals surface area (Å²) in [7, 11) is 2.09. The molecule has 0 bridgehead atoms. The second kappa shape index (κ2) is 7.37. The predicted molar refractivity (Wildman–Crippen MR) is 86.7 cm³/mol. The lowest BCUT2D eigenvalue weighted by Gasteiger charge is -2.32. The molecular weight excluding hydrogens is 292 g/mol. The number of amides is 1. The maximum atomic E-state index is 12.2. The quantitative estimate of drug-likeness (QED) is 0.842. The number of carbonyl (C=O) groups excluding carboxylic acids is 1. The summed E-state index contributed by atoms with van der Waals surface area (Å²) in [6.45, 7) is 3.56. The fourth-order valence-corrected chi connectivity index (χ4v) is 2.67. The molecule has 1 aliphatic heterocycles. The van der Waals surface area contributed by atoms with E-state index in [4.69, 9.17) is 4.52 Å². The van der Waals surface area contributed by atoms with E-state index in [-0.39, 0.29) is 5.91 Å². The van der Waals surface area contributed by atoms with Crippen molar-refractivity contribution in [2.75, 3.05) is 33.2 Å². The highest BCUT2D eigenvalue weighted by Gasteiger charge is 2.18. The molecule has 0 atom stereocenters. The minimum atomic E-state index is 0.223. The molecule has 1 aliphatic rings. The minimum absolute atomic E-state index is 0.223. The van der Waals surface area contributed by atoms with E-state index in [1.54, 1.807) is 0 Å². The third kappa shape index (κ3) is 4.16. The Morgan fingerprint density at radius 3 is 2.65 bits per heavy atom. The van der Waals surface area contributed by atoms with Crippen LogP contribution in [0.15, 0.2) is 34.9 Å². The number of hydrogen-bond acceptors (Lipinski definition) is 5. The van der Waals surface area contributed by atoms with Crippen LogP contribution in [0.3, 0.4) is 0 Å². The molecule has 1 fully saturated rings. The standard InChI is InChI=1S/C17H22N4O2/c1-20-10-12-21(13-11-20)16(22)9-5-8-15-18-17(19-23-15)14-6-3-2-4-7-14/h2-4,6-7H,5,8-13H2,1H3. The Morgan fingerprint density at radius 1 is 1.17 bits per heavy atom. The third-order valence-electron chi connectivity index (χ3n) is 4.14. The van der Waals surface area contributed by atoms with Crippen molar-refractivity contribution in [3.8, 4) is 11.4 Å². The molecule has 0 saturated carbocycles. The lowest BCUT2D eigenvalue weighted by Crippen LogP contribution is -2.47. The number of benzene rings is 1. The number of piperazine rings is 1. The first-order valence-electron chi connectivity index (χ1n) is 8.07. The van der Waals surface area contributed by atoms with Crippen LogP contribution in [0.5, 0.6) is 0 Å². The summed E-state index contributed by atoms with van der Waals surface area (Å²) >= 11 is 0. The molecule has 1 aromatic carbocycles. The molecule has 2 aromatic rings. The molecule has 0 unspecified atom stereocenters. The van der Waals surface area contributed by atoms with Gasteiger partial charge in [-0.2, -0.15) is 4.98 Å². The zero-order valence-corrected chi connectivity index (χ0v) is 13.4. The van der Waals surface area contributed by atoms with E-state index < -0.39 is 0 Å². The maximum Gasteiger partial charge on any atom is 0.226 e. The van der Waals surface area contributed by atoms with E-state index in [0.29, 0.717) is 24.6 Å². The van der Waals surface area contributed by atoms with Crippen molar-refractivity contribution < 1.29 is 9.32 Å². The van der Waals surface area contributed by atoms with Gasteiger partial charge in [0.05, 0.1) is 0 Å². The van der Waals surface area contributed by atoms with Crippen LogP contribution in [0.25, 0.3) is 11.4 Å². The van der Waals surface area contributed by atoms with Crippen molar-refractivity contribution in [3.63, 3.8) is 0 Å². The fraction of sp³-hybridized carbons (Fsp3) is 0.471. The molecule has 0 N–H and O–H groups in total. The number of hydrogen-bond donors (Lipinski definition) is 0. The number of likely N-dealkylation sites (N-methyl/N-ethyl adjacent to an activating group) is 1. The third-order valence-corrected chi connectivity index (χ3v) is 4.14. The monoisotopic (exact) mass is 314 g/mol. The Kier molecular flexibility index (Phi) is 5.02. The van der Waals surface area contributed by atoms with Crippen LogP contribution in [0.2, 0.25) is 0 Å². The Bertz CT molecular complexity index is 633. The summed E-state index contributed by atoms with van der Waals surface area (Å²) in [6, 6.07) is 9.74. The van der Waals surface area contributed by atoms with E-state index in [1.807, 2.05) is 35.2 Å². The zero-order valence-electron chi connectivity index (χ0n) is 13.4. The molecule has 1 aromatic heterocycles. The van der Waals surface area contributed by atoms with Crippen molar-refractivity contribution in [2.24, 2.45) is 0 Å². The Balaban J connectivity index is 1.46. The molecule has 1 amide bonds. The van der Waals surface area contributed by atoms with E-state index >= 15 is 0 Å². The van der Waals surface area contributed by atoms with Crippen LogP contribution in [0.1, 0.15) is 18.7 Å². The van der Waals surface area contributed by atoms with E-state index in [2.05, 4.69) is 22.1 Å². The molecule has 3 rings (SSSR count). The summed E-state index contributed by atoms with van der Waals surface area (Å²) in [5, 5.41) is 4.00. The van der Waals surface area contributed by atoms with Gasteiger partial charge in [0.2, 0.25) is 17.6 Å². The molecule has 2 heterocycles. The van der Waals surface area contributed by atoms with Gasteiger partial charge in [0.1, 0.15) is 0 Å². The number of aromatic nitrogens is 2. The van der Waals surface area contributed by atoms with Gasteiger partial charge in [0, 0.05) is 44.6 Å².